The summed E-state index contributed by atoms with van der Waals surface area (Å²) in [7, 11) is 0. The Bertz CT molecular complexity index is 797. The number of carbonyl (C=O) groups is 1. The van der Waals surface area contributed by atoms with Gasteiger partial charge in [0.1, 0.15) is 11.2 Å². The molecule has 0 bridgehead atoms. The van der Waals surface area contributed by atoms with Crippen molar-refractivity contribution in [1.29, 1.82) is 0 Å². The molecule has 0 atom stereocenters. The van der Waals surface area contributed by atoms with Gasteiger partial charge < -0.3 is 21.0 Å². The Labute approximate surface area is 164 Å². The summed E-state index contributed by atoms with van der Waals surface area (Å²) in [6.07, 6.45) is 0. The van der Waals surface area contributed by atoms with Crippen LogP contribution in [0.25, 0.3) is 11.1 Å². The van der Waals surface area contributed by atoms with Gasteiger partial charge in [-0.2, -0.15) is 0 Å². The number of benzene rings is 1. The second-order valence-electron chi connectivity index (χ2n) is 4.99. The summed E-state index contributed by atoms with van der Waals surface area (Å²) < 4.78 is 19.8. The zero-order valence-electron chi connectivity index (χ0n) is 13.7. The van der Waals surface area contributed by atoms with Crippen LogP contribution in [0.5, 0.6) is 0 Å². The molecule has 0 spiro atoms. The molecule has 0 N–H and O–H groups in total. The number of nitrogens with zero attached hydrogens (tertiary/aromatic N) is 1. The maximum Gasteiger partial charge on any atom is 2.00 e. The molecule has 0 unspecified atom stereocenters. The first kappa shape index (κ1) is 20.5. The number of esters is 1. The van der Waals surface area contributed by atoms with E-state index in [1.165, 1.54) is 24.3 Å². The largest absolute Gasteiger partial charge is 2.00 e. The van der Waals surface area contributed by atoms with Gasteiger partial charge in [0.05, 0.1) is 6.61 Å². The summed E-state index contributed by atoms with van der Waals surface area (Å²) in [6, 6.07) is 5.55. The minimum absolute atomic E-state index is 0. The molecule has 6 heteroatoms. The van der Waals surface area contributed by atoms with Gasteiger partial charge in [-0.05, 0) is 37.1 Å². The summed E-state index contributed by atoms with van der Waals surface area (Å²) in [5.74, 6) is -1.11. The van der Waals surface area contributed by atoms with Gasteiger partial charge in [0, 0.05) is 11.3 Å². The van der Waals surface area contributed by atoms with E-state index in [9.17, 15) is 14.0 Å². The average molecular weight is 553 g/mol. The average Bonchev–Trinajstić information content (AvgIpc) is 2.50. The molecular weight excluding hydrogens is 535 g/mol. The van der Waals surface area contributed by atoms with Crippen LogP contribution in [0.2, 0.25) is 0 Å². The van der Waals surface area contributed by atoms with Gasteiger partial charge in [0.2, 0.25) is 0 Å². The van der Waals surface area contributed by atoms with E-state index in [1.807, 2.05) is 0 Å². The van der Waals surface area contributed by atoms with Crippen molar-refractivity contribution in [3.05, 3.63) is 71.1 Å². The third-order valence-corrected chi connectivity index (χ3v) is 3.67. The first-order chi connectivity index (χ1) is 10.9. The normalized spacial score (nSPS) is 10.2. The van der Waals surface area contributed by atoms with E-state index in [1.54, 1.807) is 18.4 Å². The maximum absolute atomic E-state index is 13.1. The molecular formula is C18H18FNO3U. The molecule has 0 amide bonds. The van der Waals surface area contributed by atoms with Crippen LogP contribution in [0.15, 0.2) is 29.1 Å². The fourth-order valence-electron chi connectivity index (χ4n) is 2.57. The van der Waals surface area contributed by atoms with Gasteiger partial charge in [-0.1, -0.05) is 12.1 Å². The van der Waals surface area contributed by atoms with Gasteiger partial charge in [0.25, 0.3) is 5.97 Å². The molecule has 0 aliphatic rings. The van der Waals surface area contributed by atoms with Gasteiger partial charge in [-0.25, -0.2) is 11.3 Å². The molecule has 24 heavy (non-hydrogen) atoms. The molecule has 0 aliphatic carbocycles. The zero-order chi connectivity index (χ0) is 17.1. The fraction of sp³-hybridized carbons (Fsp3) is 0.222. The second-order valence-corrected chi connectivity index (χ2v) is 4.99. The Balaban J connectivity index is 0.00000288. The van der Waals surface area contributed by atoms with E-state index < -0.39 is 17.2 Å². The van der Waals surface area contributed by atoms with Crippen molar-refractivity contribution in [3.63, 3.8) is 0 Å². The van der Waals surface area contributed by atoms with E-state index in [4.69, 9.17) is 4.74 Å². The Morgan fingerprint density at radius 3 is 2.38 bits per heavy atom. The molecule has 4 nitrogen and oxygen atoms in total. The monoisotopic (exact) mass is 553 g/mol. The minimum Gasteiger partial charge on any atom is -0.476 e. The summed E-state index contributed by atoms with van der Waals surface area (Å²) in [5, 5.41) is 0. The minimum atomic E-state index is -0.715. The second kappa shape index (κ2) is 8.55. The smallest absolute Gasteiger partial charge is 0.476 e. The van der Waals surface area contributed by atoms with Crippen LogP contribution in [0, 0.1) is 57.7 Å². The number of hydrogen-bond donors (Lipinski definition) is 0. The van der Waals surface area contributed by atoms with E-state index in [2.05, 4.69) is 13.8 Å². The van der Waals surface area contributed by atoms with Crippen LogP contribution in [0.4, 0.5) is 4.39 Å². The summed E-state index contributed by atoms with van der Waals surface area (Å²) in [5.41, 5.74) is 1.16. The van der Waals surface area contributed by atoms with E-state index >= 15 is 0 Å². The predicted octanol–water partition coefficient (Wildman–Crippen LogP) is 3.16. The van der Waals surface area contributed by atoms with Crippen molar-refractivity contribution >= 4 is 5.97 Å². The molecule has 1 heterocycles. The van der Waals surface area contributed by atoms with Crippen LogP contribution < -0.4 is 5.43 Å². The number of halogens is 1. The molecule has 0 saturated carbocycles. The number of rotatable bonds is 4. The quantitative estimate of drug-likeness (QED) is 0.432. The standard InChI is InChI=1S/C18H18FNO3.U/c1-5-20-11(3)15(13-7-9-14(19)10-8-13)17(21)16(12(20)4)18(22)23-6-2;/h7-10H,1,4-6H2,2-3H3;/q-2;+2. The van der Waals surface area contributed by atoms with E-state index in [0.717, 1.165) is 0 Å². The van der Waals surface area contributed by atoms with Crippen LogP contribution >= 0.6 is 0 Å². The molecule has 2 aromatic rings. The SMILES string of the molecule is [CH2-]Cn1c([CH2-])c(C(=O)OCC)c(=O)c(-c2ccc(F)cc2)c1C.[U+2]. The van der Waals surface area contributed by atoms with Gasteiger partial charge in [-0.3, -0.25) is 4.79 Å². The van der Waals surface area contributed by atoms with Crippen molar-refractivity contribution < 1.29 is 45.0 Å². The number of aromatic nitrogens is 1. The van der Waals surface area contributed by atoms with Crippen molar-refractivity contribution in [2.24, 2.45) is 0 Å². The molecule has 1 aromatic heterocycles. The molecule has 0 radical (unpaired) electrons. The van der Waals surface area contributed by atoms with Crippen LogP contribution in [-0.2, 0) is 11.3 Å². The Morgan fingerprint density at radius 1 is 1.29 bits per heavy atom. The third-order valence-electron chi connectivity index (χ3n) is 3.67. The molecule has 1 aromatic carbocycles. The topological polar surface area (TPSA) is 48.3 Å². The zero-order valence-corrected chi connectivity index (χ0v) is 17.9. The van der Waals surface area contributed by atoms with Gasteiger partial charge in [0.15, 0.2) is 0 Å². The van der Waals surface area contributed by atoms with Crippen LogP contribution in [0.3, 0.4) is 0 Å². The Kier molecular flexibility index (Phi) is 7.31. The Morgan fingerprint density at radius 2 is 1.88 bits per heavy atom. The Hall–Kier alpha value is -1.51. The van der Waals surface area contributed by atoms with Crippen molar-refractivity contribution in [3.8, 4) is 11.1 Å². The molecule has 0 saturated heterocycles. The third kappa shape index (κ3) is 3.76. The summed E-state index contributed by atoms with van der Waals surface area (Å²) in [6.45, 7) is 11.5. The first-order valence-electron chi connectivity index (χ1n) is 7.24. The van der Waals surface area contributed by atoms with Crippen LogP contribution in [-0.4, -0.2) is 17.1 Å². The molecule has 0 aliphatic heterocycles. The van der Waals surface area contributed by atoms with Gasteiger partial charge in [-0.15, -0.1) is 12.2 Å². The number of ether oxygens (including phenoxy) is 1. The van der Waals surface area contributed by atoms with Crippen LogP contribution in [0.1, 0.15) is 28.7 Å². The van der Waals surface area contributed by atoms with Gasteiger partial charge >= 0.3 is 31.1 Å². The maximum atomic E-state index is 13.1. The van der Waals surface area contributed by atoms with Crippen molar-refractivity contribution in [1.82, 2.24) is 4.57 Å². The van der Waals surface area contributed by atoms with Crippen molar-refractivity contribution in [2.45, 2.75) is 20.4 Å². The summed E-state index contributed by atoms with van der Waals surface area (Å²) in [4.78, 5) is 25.0. The van der Waals surface area contributed by atoms with E-state index in [0.29, 0.717) is 23.4 Å². The number of carbonyl (C=O) groups excluding carboxylic acids is 1. The van der Waals surface area contributed by atoms with E-state index in [-0.39, 0.29) is 49.0 Å². The number of hydrogen-bond acceptors (Lipinski definition) is 3. The number of pyridine rings is 1. The summed E-state index contributed by atoms with van der Waals surface area (Å²) >= 11 is 0. The van der Waals surface area contributed by atoms with Crippen molar-refractivity contribution in [2.75, 3.05) is 6.61 Å². The fourth-order valence-corrected chi connectivity index (χ4v) is 2.57. The predicted molar refractivity (Wildman–Crippen MR) is 86.6 cm³/mol. The first-order valence-corrected chi connectivity index (χ1v) is 7.24. The molecule has 2 rings (SSSR count). The molecule has 124 valence electrons. The molecule has 0 fully saturated rings.